The monoisotopic (exact) mass is 308 g/mol. The first-order valence-corrected chi connectivity index (χ1v) is 8.43. The molecule has 0 aromatic heterocycles. The number of hydrogen-bond acceptors (Lipinski definition) is 6. The summed E-state index contributed by atoms with van der Waals surface area (Å²) in [6.45, 7) is 1.30. The number of benzene rings is 1. The van der Waals surface area contributed by atoms with E-state index in [9.17, 15) is 13.0 Å². The molecular formula is C10H13O5PS2. The normalized spacial score (nSPS) is 11.9. The lowest BCUT2D eigenvalue weighted by atomic mass is 10.2. The molecule has 0 radical (unpaired) electrons. The van der Waals surface area contributed by atoms with E-state index in [2.05, 4.69) is 8.71 Å². The van der Waals surface area contributed by atoms with Crippen molar-refractivity contribution in [1.29, 1.82) is 0 Å². The minimum Gasteiger partial charge on any atom is -0.265 e. The maximum Gasteiger partial charge on any atom is 0.329 e. The zero-order valence-electron chi connectivity index (χ0n) is 9.95. The first kappa shape index (κ1) is 15.6. The molecule has 0 aliphatic rings. The standard InChI is InChI=1S/C10H13O5PS2/c1-3-8-5-4-6-9(17-2)10(8)18(12,13)15-7-14-16-11/h4-6H,3,7H2,1-2H3. The highest BCUT2D eigenvalue weighted by Crippen LogP contribution is 2.29. The van der Waals surface area contributed by atoms with E-state index < -0.39 is 25.6 Å². The summed E-state index contributed by atoms with van der Waals surface area (Å²) in [6.07, 6.45) is 2.37. The van der Waals surface area contributed by atoms with Crippen molar-refractivity contribution in [2.45, 2.75) is 23.1 Å². The van der Waals surface area contributed by atoms with Gasteiger partial charge in [0, 0.05) is 4.90 Å². The smallest absolute Gasteiger partial charge is 0.265 e. The van der Waals surface area contributed by atoms with Gasteiger partial charge in [-0.05, 0) is 24.3 Å². The van der Waals surface area contributed by atoms with Gasteiger partial charge >= 0.3 is 18.8 Å². The predicted molar refractivity (Wildman–Crippen MR) is 69.4 cm³/mol. The van der Waals surface area contributed by atoms with Gasteiger partial charge in [-0.3, -0.25) is 4.52 Å². The van der Waals surface area contributed by atoms with Crippen molar-refractivity contribution in [1.82, 2.24) is 0 Å². The van der Waals surface area contributed by atoms with Crippen LogP contribution in [-0.2, 0) is 29.8 Å². The highest BCUT2D eigenvalue weighted by molar-refractivity contribution is 7.99. The SMILES string of the molecule is CCc1cccc(SC)c1S(=O)(=O)OCOP=O. The summed E-state index contributed by atoms with van der Waals surface area (Å²) < 4.78 is 43.2. The number of aryl methyl sites for hydroxylation is 1. The third-order valence-electron chi connectivity index (χ3n) is 2.22. The fourth-order valence-electron chi connectivity index (χ4n) is 1.45. The summed E-state index contributed by atoms with van der Waals surface area (Å²) in [5.74, 6) is 0. The Bertz CT molecular complexity index is 493. The molecule has 0 aliphatic carbocycles. The van der Waals surface area contributed by atoms with Gasteiger partial charge in [0.05, 0.1) is 0 Å². The van der Waals surface area contributed by atoms with Gasteiger partial charge in [-0.15, -0.1) is 11.8 Å². The van der Waals surface area contributed by atoms with Gasteiger partial charge in [0.25, 0.3) is 0 Å². The molecule has 100 valence electrons. The van der Waals surface area contributed by atoms with E-state index in [1.807, 2.05) is 6.92 Å². The van der Waals surface area contributed by atoms with Gasteiger partial charge in [-0.25, -0.2) is 8.75 Å². The van der Waals surface area contributed by atoms with Crippen molar-refractivity contribution >= 4 is 30.6 Å². The first-order valence-electron chi connectivity index (χ1n) is 5.06. The molecule has 0 atom stereocenters. The third-order valence-corrected chi connectivity index (χ3v) is 4.73. The Hall–Kier alpha value is -0.460. The van der Waals surface area contributed by atoms with Crippen LogP contribution in [0.3, 0.4) is 0 Å². The van der Waals surface area contributed by atoms with Crippen LogP contribution >= 0.6 is 20.4 Å². The maximum atomic E-state index is 12.0. The summed E-state index contributed by atoms with van der Waals surface area (Å²) in [6, 6.07) is 5.26. The summed E-state index contributed by atoms with van der Waals surface area (Å²) >= 11 is 1.33. The van der Waals surface area contributed by atoms with Crippen molar-refractivity contribution in [3.63, 3.8) is 0 Å². The number of hydrogen-bond donors (Lipinski definition) is 0. The van der Waals surface area contributed by atoms with Crippen LogP contribution < -0.4 is 0 Å². The molecule has 0 bridgehead atoms. The van der Waals surface area contributed by atoms with Crippen LogP contribution in [0.25, 0.3) is 0 Å². The van der Waals surface area contributed by atoms with E-state index >= 15 is 0 Å². The molecule has 0 saturated heterocycles. The predicted octanol–water partition coefficient (Wildman–Crippen LogP) is 2.86. The van der Waals surface area contributed by atoms with E-state index in [0.29, 0.717) is 16.9 Å². The second-order valence-electron chi connectivity index (χ2n) is 3.20. The Morgan fingerprint density at radius 3 is 2.67 bits per heavy atom. The quantitative estimate of drug-likeness (QED) is 0.254. The molecule has 0 amide bonds. The van der Waals surface area contributed by atoms with Crippen molar-refractivity contribution in [3.8, 4) is 0 Å². The molecular weight excluding hydrogens is 295 g/mol. The Morgan fingerprint density at radius 2 is 2.11 bits per heavy atom. The minimum absolute atomic E-state index is 0.158. The Kier molecular flexibility index (Phi) is 6.25. The first-order chi connectivity index (χ1) is 8.56. The second kappa shape index (κ2) is 7.21. The van der Waals surface area contributed by atoms with Crippen LogP contribution in [0, 0.1) is 0 Å². The fraction of sp³-hybridized carbons (Fsp3) is 0.400. The largest absolute Gasteiger partial charge is 0.329 e. The van der Waals surface area contributed by atoms with Crippen molar-refractivity contribution in [2.24, 2.45) is 0 Å². The van der Waals surface area contributed by atoms with E-state index in [1.54, 1.807) is 24.5 Å². The molecule has 0 fully saturated rings. The van der Waals surface area contributed by atoms with E-state index in [4.69, 9.17) is 0 Å². The molecule has 1 aromatic rings. The van der Waals surface area contributed by atoms with Crippen LogP contribution in [0.5, 0.6) is 0 Å². The second-order valence-corrected chi connectivity index (χ2v) is 6.00. The van der Waals surface area contributed by atoms with Crippen molar-refractivity contribution in [2.75, 3.05) is 13.0 Å². The average molecular weight is 308 g/mol. The fourth-order valence-corrected chi connectivity index (χ4v) is 3.84. The van der Waals surface area contributed by atoms with Gasteiger partial charge < -0.3 is 0 Å². The zero-order chi connectivity index (χ0) is 13.6. The molecule has 5 nitrogen and oxygen atoms in total. The van der Waals surface area contributed by atoms with Crippen LogP contribution in [0.1, 0.15) is 12.5 Å². The molecule has 18 heavy (non-hydrogen) atoms. The lowest BCUT2D eigenvalue weighted by molar-refractivity contribution is 0.139. The average Bonchev–Trinajstić information content (AvgIpc) is 2.37. The van der Waals surface area contributed by atoms with Crippen molar-refractivity contribution < 1.29 is 21.7 Å². The van der Waals surface area contributed by atoms with Gasteiger partial charge in [0.1, 0.15) is 4.90 Å². The van der Waals surface area contributed by atoms with E-state index in [1.165, 1.54) is 11.8 Å². The summed E-state index contributed by atoms with van der Waals surface area (Å²) in [5.41, 5.74) is 0.682. The molecule has 0 spiro atoms. The summed E-state index contributed by atoms with van der Waals surface area (Å²) in [5, 5.41) is 0. The Balaban J connectivity index is 3.17. The molecule has 0 saturated carbocycles. The molecule has 0 heterocycles. The summed E-state index contributed by atoms with van der Waals surface area (Å²) in [7, 11) is -4.52. The highest BCUT2D eigenvalue weighted by atomic mass is 32.2. The van der Waals surface area contributed by atoms with Crippen LogP contribution in [-0.4, -0.2) is 21.5 Å². The third kappa shape index (κ3) is 3.76. The zero-order valence-corrected chi connectivity index (χ0v) is 12.5. The molecule has 0 N–H and O–H groups in total. The van der Waals surface area contributed by atoms with Crippen LogP contribution in [0.2, 0.25) is 0 Å². The maximum absolute atomic E-state index is 12.0. The molecule has 1 rings (SSSR count). The van der Waals surface area contributed by atoms with Gasteiger partial charge in [0.2, 0.25) is 0 Å². The Labute approximate surface area is 112 Å². The highest BCUT2D eigenvalue weighted by Gasteiger charge is 2.22. The van der Waals surface area contributed by atoms with Gasteiger partial charge in [0.15, 0.2) is 6.79 Å². The van der Waals surface area contributed by atoms with Gasteiger partial charge in [-0.1, -0.05) is 19.1 Å². The van der Waals surface area contributed by atoms with E-state index in [-0.39, 0.29) is 4.90 Å². The van der Waals surface area contributed by atoms with Crippen molar-refractivity contribution in [3.05, 3.63) is 23.8 Å². The van der Waals surface area contributed by atoms with Crippen LogP contribution in [0.4, 0.5) is 0 Å². The minimum atomic E-state index is -3.91. The molecule has 0 unspecified atom stereocenters. The molecule has 0 aliphatic heterocycles. The lowest BCUT2D eigenvalue weighted by Crippen LogP contribution is -2.11. The number of thioether (sulfide) groups is 1. The van der Waals surface area contributed by atoms with Gasteiger partial charge in [-0.2, -0.15) is 8.42 Å². The topological polar surface area (TPSA) is 69.7 Å². The van der Waals surface area contributed by atoms with E-state index in [0.717, 1.165) is 0 Å². The summed E-state index contributed by atoms with van der Waals surface area (Å²) in [4.78, 5) is 0.778. The number of rotatable bonds is 7. The molecule has 1 aromatic carbocycles. The lowest BCUT2D eigenvalue weighted by Gasteiger charge is -2.12. The Morgan fingerprint density at radius 1 is 1.39 bits per heavy atom. The molecule has 8 heteroatoms. The van der Waals surface area contributed by atoms with Crippen LogP contribution in [0.15, 0.2) is 28.0 Å².